The molecule has 8 heteroatoms. The molecule has 1 amide bonds. The summed E-state index contributed by atoms with van der Waals surface area (Å²) in [4.78, 5) is 20.3. The summed E-state index contributed by atoms with van der Waals surface area (Å²) in [5.74, 6) is 0.840. The van der Waals surface area contributed by atoms with E-state index in [4.69, 9.17) is 14.0 Å². The maximum absolute atomic E-state index is 12.1. The maximum Gasteiger partial charge on any atom is 0.255 e. The summed E-state index contributed by atoms with van der Waals surface area (Å²) in [6.45, 7) is 2.18. The molecule has 1 N–H and O–H groups in total. The Labute approximate surface area is 121 Å². The summed E-state index contributed by atoms with van der Waals surface area (Å²) in [5, 5.41) is 6.40. The highest BCUT2D eigenvalue weighted by atomic mass is 16.5. The van der Waals surface area contributed by atoms with Gasteiger partial charge in [-0.05, 0) is 13.0 Å². The molecule has 8 nitrogen and oxygen atoms in total. The molecule has 2 rings (SSSR count). The number of carbonyl (C=O) groups is 1. The van der Waals surface area contributed by atoms with Gasteiger partial charge in [-0.3, -0.25) is 9.78 Å². The number of pyridine rings is 1. The predicted octanol–water partition coefficient (Wildman–Crippen LogP) is 0.858. The predicted molar refractivity (Wildman–Crippen MR) is 71.7 cm³/mol. The Morgan fingerprint density at radius 1 is 1.43 bits per heavy atom. The lowest BCUT2D eigenvalue weighted by molar-refractivity contribution is 0.0943. The third-order valence-corrected chi connectivity index (χ3v) is 2.65. The van der Waals surface area contributed by atoms with Gasteiger partial charge in [0.05, 0.1) is 25.4 Å². The summed E-state index contributed by atoms with van der Waals surface area (Å²) < 4.78 is 15.0. The molecule has 0 fully saturated rings. The SMILES string of the molecule is COCc1noc(CNC(=O)c2cc(C)ncc2OC)n1. The second-order valence-corrected chi connectivity index (χ2v) is 4.25. The van der Waals surface area contributed by atoms with Crippen molar-refractivity contribution in [3.63, 3.8) is 0 Å². The molecule has 0 aliphatic heterocycles. The Kier molecular flexibility index (Phi) is 4.83. The van der Waals surface area contributed by atoms with Crippen LogP contribution in [0.2, 0.25) is 0 Å². The van der Waals surface area contributed by atoms with E-state index >= 15 is 0 Å². The van der Waals surface area contributed by atoms with E-state index in [0.717, 1.165) is 5.69 Å². The smallest absolute Gasteiger partial charge is 0.255 e. The van der Waals surface area contributed by atoms with E-state index in [-0.39, 0.29) is 19.1 Å². The van der Waals surface area contributed by atoms with Crippen LogP contribution in [0.25, 0.3) is 0 Å². The molecule has 0 aromatic carbocycles. The molecule has 0 radical (unpaired) electrons. The molecular formula is C13H16N4O4. The fourth-order valence-electron chi connectivity index (χ4n) is 1.69. The molecule has 112 valence electrons. The zero-order valence-corrected chi connectivity index (χ0v) is 12.0. The van der Waals surface area contributed by atoms with Gasteiger partial charge in [0.1, 0.15) is 12.4 Å². The van der Waals surface area contributed by atoms with E-state index in [1.807, 2.05) is 0 Å². The fourth-order valence-corrected chi connectivity index (χ4v) is 1.69. The largest absolute Gasteiger partial charge is 0.494 e. The van der Waals surface area contributed by atoms with Crippen LogP contribution in [0.1, 0.15) is 27.8 Å². The molecule has 2 aromatic rings. The number of nitrogens with zero attached hydrogens (tertiary/aromatic N) is 3. The maximum atomic E-state index is 12.1. The number of hydrogen-bond donors (Lipinski definition) is 1. The van der Waals surface area contributed by atoms with Gasteiger partial charge in [0.15, 0.2) is 5.82 Å². The van der Waals surface area contributed by atoms with Crippen molar-refractivity contribution in [1.29, 1.82) is 0 Å². The van der Waals surface area contributed by atoms with Gasteiger partial charge in [0.25, 0.3) is 5.91 Å². The molecule has 0 bridgehead atoms. The first-order valence-corrected chi connectivity index (χ1v) is 6.23. The number of methoxy groups -OCH3 is 2. The van der Waals surface area contributed by atoms with Crippen molar-refractivity contribution in [1.82, 2.24) is 20.4 Å². The molecule has 21 heavy (non-hydrogen) atoms. The van der Waals surface area contributed by atoms with Crippen molar-refractivity contribution in [2.75, 3.05) is 14.2 Å². The normalized spacial score (nSPS) is 10.4. The van der Waals surface area contributed by atoms with Crippen molar-refractivity contribution in [3.05, 3.63) is 35.2 Å². The van der Waals surface area contributed by atoms with Crippen molar-refractivity contribution in [3.8, 4) is 5.75 Å². The van der Waals surface area contributed by atoms with Crippen LogP contribution in [-0.2, 0) is 17.9 Å². The number of ether oxygens (including phenoxy) is 2. The van der Waals surface area contributed by atoms with Gasteiger partial charge >= 0.3 is 0 Å². The first-order chi connectivity index (χ1) is 10.1. The van der Waals surface area contributed by atoms with Crippen molar-refractivity contribution in [2.45, 2.75) is 20.1 Å². The zero-order chi connectivity index (χ0) is 15.2. The molecule has 0 saturated carbocycles. The van der Waals surface area contributed by atoms with Gasteiger partial charge in [-0.25, -0.2) is 0 Å². The first kappa shape index (κ1) is 14.9. The van der Waals surface area contributed by atoms with Crippen LogP contribution >= 0.6 is 0 Å². The lowest BCUT2D eigenvalue weighted by atomic mass is 10.2. The standard InChI is InChI=1S/C13H16N4O4/c1-8-4-9(10(20-3)5-14-8)13(18)15-6-12-16-11(7-19-2)17-21-12/h4-5H,6-7H2,1-3H3,(H,15,18). The third-order valence-electron chi connectivity index (χ3n) is 2.65. The molecule has 0 aliphatic carbocycles. The molecule has 2 heterocycles. The molecule has 0 aliphatic rings. The highest BCUT2D eigenvalue weighted by molar-refractivity contribution is 5.96. The van der Waals surface area contributed by atoms with Gasteiger partial charge in [-0.1, -0.05) is 5.16 Å². The van der Waals surface area contributed by atoms with Crippen molar-refractivity contribution < 1.29 is 18.8 Å². The number of aromatic nitrogens is 3. The Morgan fingerprint density at radius 3 is 2.95 bits per heavy atom. The summed E-state index contributed by atoms with van der Waals surface area (Å²) >= 11 is 0. The quantitative estimate of drug-likeness (QED) is 0.842. The second-order valence-electron chi connectivity index (χ2n) is 4.25. The van der Waals surface area contributed by atoms with Crippen LogP contribution in [0.15, 0.2) is 16.8 Å². The van der Waals surface area contributed by atoms with Crippen LogP contribution in [0.4, 0.5) is 0 Å². The van der Waals surface area contributed by atoms with E-state index in [2.05, 4.69) is 20.4 Å². The Balaban J connectivity index is 2.02. The Bertz CT molecular complexity index is 626. The van der Waals surface area contributed by atoms with E-state index in [1.54, 1.807) is 13.0 Å². The average molecular weight is 292 g/mol. The molecule has 0 saturated heterocycles. The summed E-state index contributed by atoms with van der Waals surface area (Å²) in [6.07, 6.45) is 1.51. The van der Waals surface area contributed by atoms with Gasteiger partial charge < -0.3 is 19.3 Å². The van der Waals surface area contributed by atoms with E-state index in [9.17, 15) is 4.79 Å². The molecule has 0 unspecified atom stereocenters. The van der Waals surface area contributed by atoms with Crippen molar-refractivity contribution in [2.24, 2.45) is 0 Å². The Morgan fingerprint density at radius 2 is 2.24 bits per heavy atom. The number of hydrogen-bond acceptors (Lipinski definition) is 7. The first-order valence-electron chi connectivity index (χ1n) is 6.23. The third kappa shape index (κ3) is 3.76. The number of rotatable bonds is 6. The van der Waals surface area contributed by atoms with Crippen molar-refractivity contribution >= 4 is 5.91 Å². The number of carbonyl (C=O) groups excluding carboxylic acids is 1. The van der Waals surface area contributed by atoms with Gasteiger partial charge in [-0.2, -0.15) is 4.98 Å². The molecule has 2 aromatic heterocycles. The fraction of sp³-hybridized carbons (Fsp3) is 0.385. The van der Waals surface area contributed by atoms with E-state index < -0.39 is 0 Å². The van der Waals surface area contributed by atoms with Crippen LogP contribution < -0.4 is 10.1 Å². The monoisotopic (exact) mass is 292 g/mol. The van der Waals surface area contributed by atoms with Crippen LogP contribution in [0.3, 0.4) is 0 Å². The highest BCUT2D eigenvalue weighted by Gasteiger charge is 2.14. The average Bonchev–Trinajstić information content (AvgIpc) is 2.93. The lowest BCUT2D eigenvalue weighted by Gasteiger charge is -2.08. The molecule has 0 atom stereocenters. The van der Waals surface area contributed by atoms with E-state index in [1.165, 1.54) is 20.4 Å². The summed E-state index contributed by atoms with van der Waals surface area (Å²) in [6, 6.07) is 1.65. The minimum Gasteiger partial charge on any atom is -0.494 e. The zero-order valence-electron chi connectivity index (χ0n) is 12.0. The van der Waals surface area contributed by atoms with Crippen LogP contribution in [-0.4, -0.2) is 35.3 Å². The van der Waals surface area contributed by atoms with Gasteiger partial charge in [0, 0.05) is 12.8 Å². The number of amides is 1. The minimum atomic E-state index is -0.302. The van der Waals surface area contributed by atoms with Gasteiger partial charge in [0.2, 0.25) is 5.89 Å². The van der Waals surface area contributed by atoms with Crippen LogP contribution in [0, 0.1) is 6.92 Å². The summed E-state index contributed by atoms with van der Waals surface area (Å²) in [5.41, 5.74) is 1.13. The van der Waals surface area contributed by atoms with Crippen LogP contribution in [0.5, 0.6) is 5.75 Å². The van der Waals surface area contributed by atoms with E-state index in [0.29, 0.717) is 23.0 Å². The topological polar surface area (TPSA) is 99.4 Å². The number of aryl methyl sites for hydroxylation is 1. The highest BCUT2D eigenvalue weighted by Crippen LogP contribution is 2.17. The molecular weight excluding hydrogens is 276 g/mol. The molecule has 0 spiro atoms. The second kappa shape index (κ2) is 6.80. The number of nitrogens with one attached hydrogen (secondary N) is 1. The lowest BCUT2D eigenvalue weighted by Crippen LogP contribution is -2.23. The van der Waals surface area contributed by atoms with Gasteiger partial charge in [-0.15, -0.1) is 0 Å². The Hall–Kier alpha value is -2.48. The summed E-state index contributed by atoms with van der Waals surface area (Å²) in [7, 11) is 3.02. The minimum absolute atomic E-state index is 0.125.